The van der Waals surface area contributed by atoms with Crippen molar-refractivity contribution in [2.45, 2.75) is 26.7 Å². The Morgan fingerprint density at radius 3 is 2.71 bits per heavy atom. The third kappa shape index (κ3) is 4.06. The van der Waals surface area contributed by atoms with Crippen molar-refractivity contribution in [2.24, 2.45) is 0 Å². The van der Waals surface area contributed by atoms with Gasteiger partial charge in [-0.25, -0.2) is 4.98 Å². The van der Waals surface area contributed by atoms with E-state index >= 15 is 0 Å². The summed E-state index contributed by atoms with van der Waals surface area (Å²) in [5.74, 6) is 0.0143. The molecule has 5 heteroatoms. The van der Waals surface area contributed by atoms with Crippen LogP contribution in [0, 0.1) is 13.8 Å². The number of carbonyl (C=O) groups excluding carboxylic acids is 1. The molecule has 0 unspecified atom stereocenters. The summed E-state index contributed by atoms with van der Waals surface area (Å²) in [6, 6.07) is 9.90. The summed E-state index contributed by atoms with van der Waals surface area (Å²) in [6.07, 6.45) is 4.58. The van der Waals surface area contributed by atoms with Crippen LogP contribution in [0.3, 0.4) is 0 Å². The van der Waals surface area contributed by atoms with E-state index in [1.165, 1.54) is 5.56 Å². The van der Waals surface area contributed by atoms with Gasteiger partial charge in [-0.1, -0.05) is 17.7 Å². The molecule has 1 aromatic carbocycles. The highest BCUT2D eigenvalue weighted by Gasteiger charge is 2.08. The third-order valence-corrected chi connectivity index (χ3v) is 4.68. The van der Waals surface area contributed by atoms with Gasteiger partial charge >= 0.3 is 0 Å². The predicted octanol–water partition coefficient (Wildman–Crippen LogP) is 4.39. The Hall–Kier alpha value is -2.53. The smallest absolute Gasteiger partial charge is 0.224 e. The first-order chi connectivity index (χ1) is 11.6. The number of hydrogen-bond acceptors (Lipinski definition) is 4. The van der Waals surface area contributed by atoms with E-state index in [4.69, 9.17) is 0 Å². The number of nitrogens with zero attached hydrogens (tertiary/aromatic N) is 2. The van der Waals surface area contributed by atoms with E-state index in [2.05, 4.69) is 21.4 Å². The van der Waals surface area contributed by atoms with Gasteiger partial charge in [0.2, 0.25) is 5.91 Å². The number of thiazole rings is 1. The number of rotatable bonds is 5. The van der Waals surface area contributed by atoms with Crippen molar-refractivity contribution in [3.8, 4) is 10.6 Å². The molecule has 24 heavy (non-hydrogen) atoms. The van der Waals surface area contributed by atoms with Crippen LogP contribution in [0.1, 0.15) is 23.2 Å². The predicted molar refractivity (Wildman–Crippen MR) is 98.2 cm³/mol. The lowest BCUT2D eigenvalue weighted by Crippen LogP contribution is -2.13. The van der Waals surface area contributed by atoms with Crippen LogP contribution in [-0.2, 0) is 11.2 Å². The molecule has 2 aromatic heterocycles. The summed E-state index contributed by atoms with van der Waals surface area (Å²) < 4.78 is 0. The fourth-order valence-electron chi connectivity index (χ4n) is 2.46. The number of amides is 1. The van der Waals surface area contributed by atoms with Crippen molar-refractivity contribution in [2.75, 3.05) is 5.32 Å². The molecule has 0 saturated heterocycles. The van der Waals surface area contributed by atoms with Crippen LogP contribution in [0.2, 0.25) is 0 Å². The van der Waals surface area contributed by atoms with Crippen molar-refractivity contribution in [3.05, 3.63) is 64.9 Å². The Kier molecular flexibility index (Phi) is 5.01. The Labute approximate surface area is 145 Å². The average molecular weight is 337 g/mol. The summed E-state index contributed by atoms with van der Waals surface area (Å²) in [5.41, 5.74) is 5.15. The van der Waals surface area contributed by atoms with Gasteiger partial charge in [-0.15, -0.1) is 11.3 Å². The van der Waals surface area contributed by atoms with E-state index in [9.17, 15) is 4.79 Å². The molecule has 0 bridgehead atoms. The zero-order valence-corrected chi connectivity index (χ0v) is 14.6. The van der Waals surface area contributed by atoms with Gasteiger partial charge in [0.1, 0.15) is 5.01 Å². The fraction of sp³-hybridized carbons (Fsp3) is 0.211. The third-order valence-electron chi connectivity index (χ3n) is 3.74. The number of carbonyl (C=O) groups is 1. The zero-order valence-electron chi connectivity index (χ0n) is 13.7. The van der Waals surface area contributed by atoms with E-state index in [-0.39, 0.29) is 5.91 Å². The topological polar surface area (TPSA) is 54.9 Å². The Morgan fingerprint density at radius 2 is 1.96 bits per heavy atom. The SMILES string of the molecule is Cc1ccc(NC(=O)CCc2csc(-c3ccncc3)n2)c(C)c1. The maximum atomic E-state index is 12.2. The quantitative estimate of drug-likeness (QED) is 0.751. The second-order valence-corrected chi connectivity index (χ2v) is 6.60. The number of pyridine rings is 1. The monoisotopic (exact) mass is 337 g/mol. The molecule has 1 N–H and O–H groups in total. The number of benzene rings is 1. The first kappa shape index (κ1) is 16.3. The van der Waals surface area contributed by atoms with Gasteiger partial charge in [0.05, 0.1) is 5.69 Å². The first-order valence-electron chi connectivity index (χ1n) is 7.84. The van der Waals surface area contributed by atoms with E-state index < -0.39 is 0 Å². The minimum absolute atomic E-state index is 0.0143. The molecule has 4 nitrogen and oxygen atoms in total. The van der Waals surface area contributed by atoms with Gasteiger partial charge < -0.3 is 5.32 Å². The van der Waals surface area contributed by atoms with E-state index in [1.807, 2.05) is 43.5 Å². The van der Waals surface area contributed by atoms with Gasteiger partial charge in [0.25, 0.3) is 0 Å². The summed E-state index contributed by atoms with van der Waals surface area (Å²) >= 11 is 1.59. The molecule has 2 heterocycles. The highest BCUT2D eigenvalue weighted by Crippen LogP contribution is 2.23. The lowest BCUT2D eigenvalue weighted by atomic mass is 10.1. The van der Waals surface area contributed by atoms with Gasteiger partial charge in [0.15, 0.2) is 0 Å². The van der Waals surface area contributed by atoms with Crippen LogP contribution in [0.5, 0.6) is 0 Å². The lowest BCUT2D eigenvalue weighted by molar-refractivity contribution is -0.116. The van der Waals surface area contributed by atoms with Crippen LogP contribution in [0.15, 0.2) is 48.1 Å². The summed E-state index contributed by atoms with van der Waals surface area (Å²) in [6.45, 7) is 4.05. The highest BCUT2D eigenvalue weighted by atomic mass is 32.1. The molecule has 0 aliphatic heterocycles. The molecule has 3 rings (SSSR count). The van der Waals surface area contributed by atoms with Crippen molar-refractivity contribution in [1.82, 2.24) is 9.97 Å². The van der Waals surface area contributed by atoms with E-state index in [0.717, 1.165) is 27.5 Å². The van der Waals surface area contributed by atoms with Crippen molar-refractivity contribution < 1.29 is 4.79 Å². The van der Waals surface area contributed by atoms with Crippen LogP contribution >= 0.6 is 11.3 Å². The van der Waals surface area contributed by atoms with Crippen molar-refractivity contribution >= 4 is 22.9 Å². The standard InChI is InChI=1S/C19H19N3OS/c1-13-3-5-17(14(2)11-13)22-18(23)6-4-16-12-24-19(21-16)15-7-9-20-10-8-15/h3,5,7-12H,4,6H2,1-2H3,(H,22,23). The minimum Gasteiger partial charge on any atom is -0.326 e. The first-order valence-corrected chi connectivity index (χ1v) is 8.72. The molecular formula is C19H19N3OS. The second-order valence-electron chi connectivity index (χ2n) is 5.75. The molecule has 0 aliphatic carbocycles. The molecule has 3 aromatic rings. The molecule has 0 spiro atoms. The van der Waals surface area contributed by atoms with Gasteiger partial charge in [-0.2, -0.15) is 0 Å². The normalized spacial score (nSPS) is 10.6. The van der Waals surface area contributed by atoms with Crippen molar-refractivity contribution in [1.29, 1.82) is 0 Å². The Balaban J connectivity index is 1.58. The van der Waals surface area contributed by atoms with Crippen LogP contribution in [-0.4, -0.2) is 15.9 Å². The molecule has 122 valence electrons. The van der Waals surface area contributed by atoms with E-state index in [1.54, 1.807) is 23.7 Å². The molecule has 0 fully saturated rings. The largest absolute Gasteiger partial charge is 0.326 e. The highest BCUT2D eigenvalue weighted by molar-refractivity contribution is 7.13. The molecule has 0 radical (unpaired) electrons. The van der Waals surface area contributed by atoms with Crippen LogP contribution in [0.25, 0.3) is 10.6 Å². The molecule has 0 atom stereocenters. The Bertz CT molecular complexity index is 843. The summed E-state index contributed by atoms with van der Waals surface area (Å²) in [7, 11) is 0. The number of anilines is 1. The second kappa shape index (κ2) is 7.36. The number of nitrogens with one attached hydrogen (secondary N) is 1. The maximum absolute atomic E-state index is 12.2. The van der Waals surface area contributed by atoms with Crippen LogP contribution < -0.4 is 5.32 Å². The molecule has 0 saturated carbocycles. The number of hydrogen-bond donors (Lipinski definition) is 1. The van der Waals surface area contributed by atoms with E-state index in [0.29, 0.717) is 12.8 Å². The number of aryl methyl sites for hydroxylation is 3. The fourth-order valence-corrected chi connectivity index (χ4v) is 3.32. The molecule has 0 aliphatic rings. The minimum atomic E-state index is 0.0143. The molecular weight excluding hydrogens is 318 g/mol. The average Bonchev–Trinajstić information content (AvgIpc) is 3.05. The zero-order chi connectivity index (χ0) is 16.9. The molecule has 1 amide bonds. The maximum Gasteiger partial charge on any atom is 0.224 e. The van der Waals surface area contributed by atoms with Crippen molar-refractivity contribution in [3.63, 3.8) is 0 Å². The lowest BCUT2D eigenvalue weighted by Gasteiger charge is -2.08. The Morgan fingerprint density at radius 1 is 1.17 bits per heavy atom. The summed E-state index contributed by atoms with van der Waals surface area (Å²) in [5, 5.41) is 5.95. The number of aromatic nitrogens is 2. The van der Waals surface area contributed by atoms with Gasteiger partial charge in [0, 0.05) is 35.4 Å². The van der Waals surface area contributed by atoms with Crippen LogP contribution in [0.4, 0.5) is 5.69 Å². The summed E-state index contributed by atoms with van der Waals surface area (Å²) in [4.78, 5) is 20.8. The van der Waals surface area contributed by atoms with Gasteiger partial charge in [-0.05, 0) is 44.0 Å². The van der Waals surface area contributed by atoms with Gasteiger partial charge in [-0.3, -0.25) is 9.78 Å².